The fraction of sp³-hybridized carbons (Fsp3) is 0.625. The van der Waals surface area contributed by atoms with Crippen molar-refractivity contribution in [1.29, 1.82) is 0 Å². The first-order valence-electron chi connectivity index (χ1n) is 4.08. The van der Waals surface area contributed by atoms with E-state index in [0.717, 1.165) is 6.54 Å². The van der Waals surface area contributed by atoms with E-state index in [1.54, 1.807) is 0 Å². The molecule has 3 heteroatoms. The molecule has 0 atom stereocenters. The van der Waals surface area contributed by atoms with E-state index in [1.807, 2.05) is 6.20 Å². The summed E-state index contributed by atoms with van der Waals surface area (Å²) in [7, 11) is 0. The lowest BCUT2D eigenvalue weighted by Gasteiger charge is -2.00. The minimum Gasteiger partial charge on any atom is -0.268 e. The van der Waals surface area contributed by atoms with Gasteiger partial charge >= 0.3 is 0 Å². The SMILES string of the molecule is Brc1cnn2c1CCCCC2. The highest BCUT2D eigenvalue weighted by atomic mass is 79.9. The van der Waals surface area contributed by atoms with Gasteiger partial charge in [0.25, 0.3) is 0 Å². The summed E-state index contributed by atoms with van der Waals surface area (Å²) in [6.45, 7) is 1.10. The zero-order valence-corrected chi connectivity index (χ0v) is 7.97. The smallest absolute Gasteiger partial charge is 0.0635 e. The summed E-state index contributed by atoms with van der Waals surface area (Å²) in [5.41, 5.74) is 1.38. The maximum absolute atomic E-state index is 4.29. The maximum Gasteiger partial charge on any atom is 0.0635 e. The lowest BCUT2D eigenvalue weighted by molar-refractivity contribution is 0.576. The normalized spacial score (nSPS) is 17.5. The zero-order chi connectivity index (χ0) is 7.68. The quantitative estimate of drug-likeness (QED) is 0.649. The van der Waals surface area contributed by atoms with Gasteiger partial charge in [0.15, 0.2) is 0 Å². The number of hydrogen-bond donors (Lipinski definition) is 0. The van der Waals surface area contributed by atoms with Crippen molar-refractivity contribution in [1.82, 2.24) is 9.78 Å². The van der Waals surface area contributed by atoms with Crippen molar-refractivity contribution in [2.45, 2.75) is 32.2 Å². The third-order valence-electron chi connectivity index (χ3n) is 2.18. The van der Waals surface area contributed by atoms with E-state index in [2.05, 4.69) is 25.7 Å². The van der Waals surface area contributed by atoms with Crippen molar-refractivity contribution in [3.63, 3.8) is 0 Å². The Balaban J connectivity index is 2.35. The molecule has 0 bridgehead atoms. The van der Waals surface area contributed by atoms with Crippen LogP contribution in [0.1, 0.15) is 25.0 Å². The molecule has 0 fully saturated rings. The highest BCUT2D eigenvalue weighted by Crippen LogP contribution is 2.21. The molecule has 0 unspecified atom stereocenters. The number of aryl methyl sites for hydroxylation is 1. The summed E-state index contributed by atoms with van der Waals surface area (Å²) in [5, 5.41) is 4.29. The summed E-state index contributed by atoms with van der Waals surface area (Å²) in [6.07, 6.45) is 7.02. The summed E-state index contributed by atoms with van der Waals surface area (Å²) in [4.78, 5) is 0. The van der Waals surface area contributed by atoms with Crippen molar-refractivity contribution in [3.8, 4) is 0 Å². The van der Waals surface area contributed by atoms with Crippen LogP contribution in [0, 0.1) is 0 Å². The molecule has 11 heavy (non-hydrogen) atoms. The average molecular weight is 215 g/mol. The average Bonchev–Trinajstić information content (AvgIpc) is 2.25. The van der Waals surface area contributed by atoms with E-state index in [9.17, 15) is 0 Å². The fourth-order valence-corrected chi connectivity index (χ4v) is 2.05. The number of fused-ring (bicyclic) bond motifs is 1. The van der Waals surface area contributed by atoms with Crippen molar-refractivity contribution in [2.24, 2.45) is 0 Å². The van der Waals surface area contributed by atoms with Gasteiger partial charge in [-0.1, -0.05) is 6.42 Å². The molecule has 1 aromatic rings. The predicted molar refractivity (Wildman–Crippen MR) is 47.5 cm³/mol. The van der Waals surface area contributed by atoms with Crippen molar-refractivity contribution in [3.05, 3.63) is 16.4 Å². The Hall–Kier alpha value is -0.310. The molecule has 0 radical (unpaired) electrons. The Labute approximate surface area is 74.7 Å². The van der Waals surface area contributed by atoms with Crippen LogP contribution in [0.3, 0.4) is 0 Å². The first kappa shape index (κ1) is 7.35. The molecule has 0 aromatic carbocycles. The second-order valence-electron chi connectivity index (χ2n) is 2.97. The van der Waals surface area contributed by atoms with Gasteiger partial charge in [0.1, 0.15) is 0 Å². The Kier molecular flexibility index (Phi) is 1.98. The van der Waals surface area contributed by atoms with Gasteiger partial charge in [0, 0.05) is 6.54 Å². The van der Waals surface area contributed by atoms with Crippen LogP contribution in [0.5, 0.6) is 0 Å². The summed E-state index contributed by atoms with van der Waals surface area (Å²) >= 11 is 3.50. The van der Waals surface area contributed by atoms with Crippen molar-refractivity contribution in [2.75, 3.05) is 0 Å². The van der Waals surface area contributed by atoms with Crippen LogP contribution in [0.25, 0.3) is 0 Å². The van der Waals surface area contributed by atoms with Crippen LogP contribution in [0.4, 0.5) is 0 Å². The van der Waals surface area contributed by atoms with E-state index < -0.39 is 0 Å². The molecule has 1 aromatic heterocycles. The molecule has 1 aliphatic heterocycles. The molecule has 0 spiro atoms. The highest BCUT2D eigenvalue weighted by Gasteiger charge is 2.10. The van der Waals surface area contributed by atoms with Crippen LogP contribution >= 0.6 is 15.9 Å². The lowest BCUT2D eigenvalue weighted by atomic mass is 10.2. The first-order chi connectivity index (χ1) is 5.38. The zero-order valence-electron chi connectivity index (χ0n) is 6.39. The van der Waals surface area contributed by atoms with Gasteiger partial charge in [0.05, 0.1) is 16.4 Å². The van der Waals surface area contributed by atoms with Crippen LogP contribution in [0.15, 0.2) is 10.7 Å². The Morgan fingerprint density at radius 1 is 1.36 bits per heavy atom. The number of aromatic nitrogens is 2. The molecule has 0 amide bonds. The summed E-state index contributed by atoms with van der Waals surface area (Å²) < 4.78 is 3.30. The van der Waals surface area contributed by atoms with E-state index >= 15 is 0 Å². The number of nitrogens with zero attached hydrogens (tertiary/aromatic N) is 2. The molecular weight excluding hydrogens is 204 g/mol. The molecular formula is C8H11BrN2. The van der Waals surface area contributed by atoms with E-state index in [4.69, 9.17) is 0 Å². The second-order valence-corrected chi connectivity index (χ2v) is 3.83. The van der Waals surface area contributed by atoms with Crippen LogP contribution in [0.2, 0.25) is 0 Å². The lowest BCUT2D eigenvalue weighted by Crippen LogP contribution is -2.01. The molecule has 0 N–H and O–H groups in total. The van der Waals surface area contributed by atoms with Crippen molar-refractivity contribution < 1.29 is 0 Å². The third kappa shape index (κ3) is 1.34. The fourth-order valence-electron chi connectivity index (χ4n) is 1.56. The highest BCUT2D eigenvalue weighted by molar-refractivity contribution is 9.10. The summed E-state index contributed by atoms with van der Waals surface area (Å²) in [5.74, 6) is 0. The summed E-state index contributed by atoms with van der Waals surface area (Å²) in [6, 6.07) is 0. The monoisotopic (exact) mass is 214 g/mol. The predicted octanol–water partition coefficient (Wildman–Crippen LogP) is 2.37. The van der Waals surface area contributed by atoms with Gasteiger partial charge in [-0.3, -0.25) is 4.68 Å². The van der Waals surface area contributed by atoms with E-state index in [-0.39, 0.29) is 0 Å². The number of rotatable bonds is 0. The molecule has 0 aliphatic carbocycles. The van der Waals surface area contributed by atoms with Crippen LogP contribution < -0.4 is 0 Å². The topological polar surface area (TPSA) is 17.8 Å². The minimum atomic E-state index is 1.10. The molecule has 0 saturated carbocycles. The van der Waals surface area contributed by atoms with Crippen molar-refractivity contribution >= 4 is 15.9 Å². The van der Waals surface area contributed by atoms with Gasteiger partial charge in [-0.05, 0) is 35.2 Å². The molecule has 2 nitrogen and oxygen atoms in total. The third-order valence-corrected chi connectivity index (χ3v) is 2.84. The molecule has 2 rings (SSSR count). The molecule has 2 heterocycles. The minimum absolute atomic E-state index is 1.10. The largest absolute Gasteiger partial charge is 0.268 e. The van der Waals surface area contributed by atoms with Gasteiger partial charge in [-0.15, -0.1) is 0 Å². The Bertz CT molecular complexity index is 255. The first-order valence-corrected chi connectivity index (χ1v) is 4.87. The number of hydrogen-bond acceptors (Lipinski definition) is 1. The van der Waals surface area contributed by atoms with Gasteiger partial charge < -0.3 is 0 Å². The standard InChI is InChI=1S/C8H11BrN2/c9-7-6-10-11-5-3-1-2-4-8(7)11/h6H,1-5H2. The molecule has 0 saturated heterocycles. The second kappa shape index (κ2) is 2.97. The molecule has 1 aliphatic rings. The van der Waals surface area contributed by atoms with Gasteiger partial charge in [-0.2, -0.15) is 5.10 Å². The Morgan fingerprint density at radius 3 is 3.18 bits per heavy atom. The van der Waals surface area contributed by atoms with Crippen LogP contribution in [-0.2, 0) is 13.0 Å². The van der Waals surface area contributed by atoms with Gasteiger partial charge in [0.2, 0.25) is 0 Å². The van der Waals surface area contributed by atoms with E-state index in [0.29, 0.717) is 0 Å². The van der Waals surface area contributed by atoms with Crippen LogP contribution in [-0.4, -0.2) is 9.78 Å². The molecule has 60 valence electrons. The maximum atomic E-state index is 4.29. The van der Waals surface area contributed by atoms with E-state index in [1.165, 1.54) is 35.8 Å². The van der Waals surface area contributed by atoms with Gasteiger partial charge in [-0.25, -0.2) is 0 Å². The Morgan fingerprint density at radius 2 is 2.27 bits per heavy atom. The number of halogens is 1.